The Bertz CT molecular complexity index is 548. The molecule has 19 heavy (non-hydrogen) atoms. The van der Waals surface area contributed by atoms with Gasteiger partial charge in [-0.2, -0.15) is 0 Å². The molecular weight excluding hydrogens is 238 g/mol. The Morgan fingerprint density at radius 2 is 2.00 bits per heavy atom. The van der Waals surface area contributed by atoms with Crippen molar-refractivity contribution >= 4 is 11.6 Å². The van der Waals surface area contributed by atoms with E-state index in [-0.39, 0.29) is 0 Å². The first-order valence-corrected chi connectivity index (χ1v) is 6.14. The van der Waals surface area contributed by atoms with E-state index in [0.717, 1.165) is 11.4 Å². The fraction of sp³-hybridized carbons (Fsp3) is 0.200. The third-order valence-electron chi connectivity index (χ3n) is 2.40. The van der Waals surface area contributed by atoms with Crippen LogP contribution in [0.15, 0.2) is 54.4 Å². The summed E-state index contributed by atoms with van der Waals surface area (Å²) in [5.41, 5.74) is 2.15. The molecule has 0 amide bonds. The number of hydrogen-bond donors (Lipinski definition) is 1. The molecule has 1 aromatic carbocycles. The van der Waals surface area contributed by atoms with Crippen LogP contribution in [0.25, 0.3) is 0 Å². The van der Waals surface area contributed by atoms with Crippen molar-refractivity contribution < 1.29 is 4.74 Å². The van der Waals surface area contributed by atoms with E-state index in [9.17, 15) is 0 Å². The van der Waals surface area contributed by atoms with Crippen LogP contribution in [0.2, 0.25) is 0 Å². The molecule has 0 atom stereocenters. The van der Waals surface area contributed by atoms with E-state index < -0.39 is 0 Å². The lowest BCUT2D eigenvalue weighted by Gasteiger charge is -2.07. The highest BCUT2D eigenvalue weighted by atomic mass is 16.5. The SMILES string of the molecule is CC(C)=CCOc1cccc(Nc2ncccn2)c1. The minimum absolute atomic E-state index is 0.573. The zero-order valence-electron chi connectivity index (χ0n) is 11.1. The van der Waals surface area contributed by atoms with Crippen LogP contribution in [0.5, 0.6) is 5.75 Å². The van der Waals surface area contributed by atoms with Gasteiger partial charge in [-0.15, -0.1) is 0 Å². The Balaban J connectivity index is 2.01. The molecule has 1 N–H and O–H groups in total. The fourth-order valence-electron chi connectivity index (χ4n) is 1.46. The second-order valence-corrected chi connectivity index (χ2v) is 4.32. The Morgan fingerprint density at radius 1 is 1.21 bits per heavy atom. The summed E-state index contributed by atoms with van der Waals surface area (Å²) < 4.78 is 5.64. The first-order chi connectivity index (χ1) is 9.24. The topological polar surface area (TPSA) is 47.0 Å². The number of nitrogens with one attached hydrogen (secondary N) is 1. The summed E-state index contributed by atoms with van der Waals surface area (Å²) >= 11 is 0. The van der Waals surface area contributed by atoms with E-state index in [2.05, 4.69) is 15.3 Å². The Hall–Kier alpha value is -2.36. The van der Waals surface area contributed by atoms with Gasteiger partial charge in [0.1, 0.15) is 12.4 Å². The van der Waals surface area contributed by atoms with Gasteiger partial charge in [-0.1, -0.05) is 11.6 Å². The molecule has 0 radical (unpaired) electrons. The van der Waals surface area contributed by atoms with Crippen molar-refractivity contribution in [2.24, 2.45) is 0 Å². The minimum atomic E-state index is 0.573. The highest BCUT2D eigenvalue weighted by molar-refractivity contribution is 5.55. The van der Waals surface area contributed by atoms with Crippen LogP contribution < -0.4 is 10.1 Å². The molecule has 1 heterocycles. The van der Waals surface area contributed by atoms with E-state index >= 15 is 0 Å². The average Bonchev–Trinajstić information content (AvgIpc) is 2.40. The number of ether oxygens (including phenoxy) is 1. The summed E-state index contributed by atoms with van der Waals surface area (Å²) in [6.07, 6.45) is 5.44. The molecule has 2 rings (SSSR count). The molecule has 0 fully saturated rings. The largest absolute Gasteiger partial charge is 0.489 e. The molecule has 0 aliphatic rings. The molecule has 1 aromatic heterocycles. The molecule has 0 aliphatic carbocycles. The number of benzene rings is 1. The third-order valence-corrected chi connectivity index (χ3v) is 2.40. The molecule has 0 aliphatic heterocycles. The normalized spacial score (nSPS) is 9.79. The van der Waals surface area contributed by atoms with Crippen LogP contribution in [0, 0.1) is 0 Å². The van der Waals surface area contributed by atoms with Gasteiger partial charge < -0.3 is 10.1 Å². The van der Waals surface area contributed by atoms with Gasteiger partial charge in [0.2, 0.25) is 5.95 Å². The summed E-state index contributed by atoms with van der Waals surface area (Å²) in [4.78, 5) is 8.23. The summed E-state index contributed by atoms with van der Waals surface area (Å²) in [5.74, 6) is 1.39. The number of anilines is 2. The molecule has 4 nitrogen and oxygen atoms in total. The predicted molar refractivity (Wildman–Crippen MR) is 76.7 cm³/mol. The molecule has 4 heteroatoms. The van der Waals surface area contributed by atoms with Crippen LogP contribution in [0.1, 0.15) is 13.8 Å². The number of hydrogen-bond acceptors (Lipinski definition) is 4. The summed E-state index contributed by atoms with van der Waals surface area (Å²) in [7, 11) is 0. The van der Waals surface area contributed by atoms with Crippen LogP contribution in [0.4, 0.5) is 11.6 Å². The van der Waals surface area contributed by atoms with Crippen molar-refractivity contribution in [1.29, 1.82) is 0 Å². The highest BCUT2D eigenvalue weighted by Crippen LogP contribution is 2.19. The van der Waals surface area contributed by atoms with Crippen molar-refractivity contribution in [2.45, 2.75) is 13.8 Å². The van der Waals surface area contributed by atoms with Crippen molar-refractivity contribution in [3.63, 3.8) is 0 Å². The van der Waals surface area contributed by atoms with E-state index in [1.807, 2.05) is 44.2 Å². The molecule has 98 valence electrons. The van der Waals surface area contributed by atoms with Crippen molar-refractivity contribution in [1.82, 2.24) is 9.97 Å². The van der Waals surface area contributed by atoms with Crippen molar-refractivity contribution in [3.8, 4) is 5.75 Å². The summed E-state index contributed by atoms with van der Waals surface area (Å²) in [6, 6.07) is 9.52. The van der Waals surface area contributed by atoms with E-state index in [1.54, 1.807) is 18.5 Å². The zero-order chi connectivity index (χ0) is 13.5. The molecule has 2 aromatic rings. The standard InChI is InChI=1S/C15H17N3O/c1-12(2)7-10-19-14-6-3-5-13(11-14)18-15-16-8-4-9-17-15/h3-9,11H,10H2,1-2H3,(H,16,17,18). The monoisotopic (exact) mass is 255 g/mol. The molecular formula is C15H17N3O. The predicted octanol–water partition coefficient (Wildman–Crippen LogP) is 3.57. The lowest BCUT2D eigenvalue weighted by Crippen LogP contribution is -1.97. The second-order valence-electron chi connectivity index (χ2n) is 4.32. The smallest absolute Gasteiger partial charge is 0.227 e. The van der Waals surface area contributed by atoms with Gasteiger partial charge in [0.25, 0.3) is 0 Å². The highest BCUT2D eigenvalue weighted by Gasteiger charge is 1.98. The average molecular weight is 255 g/mol. The zero-order valence-corrected chi connectivity index (χ0v) is 11.1. The second kappa shape index (κ2) is 6.54. The molecule has 0 spiro atoms. The van der Waals surface area contributed by atoms with Crippen molar-refractivity contribution in [2.75, 3.05) is 11.9 Å². The number of nitrogens with zero attached hydrogens (tertiary/aromatic N) is 2. The maximum atomic E-state index is 5.64. The lowest BCUT2D eigenvalue weighted by molar-refractivity contribution is 0.362. The number of rotatable bonds is 5. The first-order valence-electron chi connectivity index (χ1n) is 6.14. The van der Waals surface area contributed by atoms with Crippen LogP contribution in [-0.4, -0.2) is 16.6 Å². The summed E-state index contributed by atoms with van der Waals surface area (Å²) in [5, 5.41) is 3.13. The van der Waals surface area contributed by atoms with E-state index in [0.29, 0.717) is 12.6 Å². The number of aromatic nitrogens is 2. The van der Waals surface area contributed by atoms with Gasteiger partial charge in [0.05, 0.1) is 0 Å². The molecule has 0 bridgehead atoms. The maximum Gasteiger partial charge on any atom is 0.227 e. The Kier molecular flexibility index (Phi) is 4.50. The van der Waals surface area contributed by atoms with Gasteiger partial charge in [-0.05, 0) is 38.1 Å². The fourth-order valence-corrected chi connectivity index (χ4v) is 1.46. The minimum Gasteiger partial charge on any atom is -0.489 e. The number of allylic oxidation sites excluding steroid dienone is 1. The quantitative estimate of drug-likeness (QED) is 0.830. The molecule has 0 saturated carbocycles. The van der Waals surface area contributed by atoms with Gasteiger partial charge in [0.15, 0.2) is 0 Å². The van der Waals surface area contributed by atoms with Gasteiger partial charge >= 0.3 is 0 Å². The lowest BCUT2D eigenvalue weighted by atomic mass is 10.3. The molecule has 0 unspecified atom stereocenters. The van der Waals surface area contributed by atoms with E-state index in [1.165, 1.54) is 5.57 Å². The van der Waals surface area contributed by atoms with Gasteiger partial charge in [-0.3, -0.25) is 0 Å². The first kappa shape index (κ1) is 13.1. The van der Waals surface area contributed by atoms with Crippen LogP contribution in [-0.2, 0) is 0 Å². The third kappa shape index (κ3) is 4.43. The Labute approximate surface area is 113 Å². The Morgan fingerprint density at radius 3 is 2.74 bits per heavy atom. The van der Waals surface area contributed by atoms with E-state index in [4.69, 9.17) is 4.74 Å². The van der Waals surface area contributed by atoms with Gasteiger partial charge in [-0.25, -0.2) is 9.97 Å². The summed E-state index contributed by atoms with van der Waals surface area (Å²) in [6.45, 7) is 4.68. The molecule has 0 saturated heterocycles. The van der Waals surface area contributed by atoms with Crippen LogP contribution in [0.3, 0.4) is 0 Å². The maximum absolute atomic E-state index is 5.64. The van der Waals surface area contributed by atoms with Crippen LogP contribution >= 0.6 is 0 Å². The van der Waals surface area contributed by atoms with Crippen molar-refractivity contribution in [3.05, 3.63) is 54.4 Å². The van der Waals surface area contributed by atoms with Gasteiger partial charge in [0, 0.05) is 24.1 Å².